The number of amides is 1. The molecule has 0 spiro atoms. The number of aromatic nitrogens is 3. The SMILES string of the molecule is N#Cc1nncn1CC(=O)Nc1ccc(I)cc1. The molecule has 1 amide bonds. The first-order valence-corrected chi connectivity index (χ1v) is 6.10. The van der Waals surface area contributed by atoms with Crippen molar-refractivity contribution in [2.75, 3.05) is 5.32 Å². The Morgan fingerprint density at radius 1 is 1.44 bits per heavy atom. The largest absolute Gasteiger partial charge is 0.325 e. The van der Waals surface area contributed by atoms with Gasteiger partial charge in [-0.05, 0) is 46.9 Å². The predicted octanol–water partition coefficient (Wildman–Crippen LogP) is 1.39. The quantitative estimate of drug-likeness (QED) is 0.846. The van der Waals surface area contributed by atoms with E-state index in [0.717, 1.165) is 3.57 Å². The number of nitrogens with zero attached hydrogens (tertiary/aromatic N) is 4. The summed E-state index contributed by atoms with van der Waals surface area (Å²) in [5.41, 5.74) is 0.715. The first-order chi connectivity index (χ1) is 8.69. The van der Waals surface area contributed by atoms with Crippen molar-refractivity contribution in [2.45, 2.75) is 6.54 Å². The zero-order valence-corrected chi connectivity index (χ0v) is 11.3. The molecule has 0 fully saturated rings. The molecule has 1 aromatic carbocycles. The van der Waals surface area contributed by atoms with Crippen molar-refractivity contribution in [3.05, 3.63) is 40.0 Å². The maximum absolute atomic E-state index is 11.7. The third kappa shape index (κ3) is 3.04. The highest BCUT2D eigenvalue weighted by Gasteiger charge is 2.08. The molecular weight excluding hydrogens is 345 g/mol. The summed E-state index contributed by atoms with van der Waals surface area (Å²) in [7, 11) is 0. The molecule has 6 nitrogen and oxygen atoms in total. The summed E-state index contributed by atoms with van der Waals surface area (Å²) in [4.78, 5) is 11.7. The van der Waals surface area contributed by atoms with Crippen LogP contribution in [-0.4, -0.2) is 20.7 Å². The van der Waals surface area contributed by atoms with Gasteiger partial charge in [0, 0.05) is 9.26 Å². The van der Waals surface area contributed by atoms with Gasteiger partial charge in [0.05, 0.1) is 0 Å². The van der Waals surface area contributed by atoms with Crippen LogP contribution in [-0.2, 0) is 11.3 Å². The van der Waals surface area contributed by atoms with E-state index >= 15 is 0 Å². The van der Waals surface area contributed by atoms with Gasteiger partial charge in [0.25, 0.3) is 0 Å². The number of carbonyl (C=O) groups excluding carboxylic acids is 1. The Balaban J connectivity index is 2.01. The summed E-state index contributed by atoms with van der Waals surface area (Å²) in [5, 5.41) is 18.6. The molecule has 1 aromatic heterocycles. The molecule has 1 N–H and O–H groups in total. The van der Waals surface area contributed by atoms with E-state index < -0.39 is 0 Å². The van der Waals surface area contributed by atoms with E-state index in [-0.39, 0.29) is 18.3 Å². The van der Waals surface area contributed by atoms with Gasteiger partial charge in [0.1, 0.15) is 18.9 Å². The lowest BCUT2D eigenvalue weighted by atomic mass is 10.3. The summed E-state index contributed by atoms with van der Waals surface area (Å²) in [6.45, 7) is 0.0158. The maximum atomic E-state index is 11.7. The molecule has 0 radical (unpaired) electrons. The van der Waals surface area contributed by atoms with E-state index in [1.807, 2.05) is 30.3 Å². The van der Waals surface area contributed by atoms with Gasteiger partial charge in [-0.25, -0.2) is 0 Å². The number of rotatable bonds is 3. The minimum atomic E-state index is -0.229. The zero-order chi connectivity index (χ0) is 13.0. The summed E-state index contributed by atoms with van der Waals surface area (Å²) in [5.74, 6) is -0.111. The number of hydrogen-bond acceptors (Lipinski definition) is 4. The smallest absolute Gasteiger partial charge is 0.244 e. The fourth-order valence-corrected chi connectivity index (χ4v) is 1.71. The molecule has 0 saturated heterocycles. The summed E-state index contributed by atoms with van der Waals surface area (Å²) >= 11 is 2.19. The van der Waals surface area contributed by atoms with Crippen LogP contribution in [0.2, 0.25) is 0 Å². The van der Waals surface area contributed by atoms with Gasteiger partial charge >= 0.3 is 0 Å². The van der Waals surface area contributed by atoms with E-state index in [9.17, 15) is 4.79 Å². The van der Waals surface area contributed by atoms with Crippen LogP contribution >= 0.6 is 22.6 Å². The highest BCUT2D eigenvalue weighted by molar-refractivity contribution is 14.1. The van der Waals surface area contributed by atoms with Gasteiger partial charge < -0.3 is 5.32 Å². The highest BCUT2D eigenvalue weighted by atomic mass is 127. The average molecular weight is 353 g/mol. The molecule has 0 saturated carbocycles. The topological polar surface area (TPSA) is 83.6 Å². The Kier molecular flexibility index (Phi) is 3.88. The fourth-order valence-electron chi connectivity index (χ4n) is 1.35. The molecule has 0 aliphatic carbocycles. The van der Waals surface area contributed by atoms with Crippen molar-refractivity contribution >= 4 is 34.2 Å². The standard InChI is InChI=1S/C11H8IN5O/c12-8-1-3-9(4-2-8)15-11(18)6-17-7-14-16-10(17)5-13/h1-4,7H,6H2,(H,15,18). The van der Waals surface area contributed by atoms with Crippen LogP contribution in [0.1, 0.15) is 5.82 Å². The second kappa shape index (κ2) is 5.59. The number of hydrogen-bond donors (Lipinski definition) is 1. The zero-order valence-electron chi connectivity index (χ0n) is 9.17. The normalized spacial score (nSPS) is 9.78. The molecule has 2 rings (SSSR count). The third-order valence-corrected chi connectivity index (χ3v) is 2.88. The number of nitrogens with one attached hydrogen (secondary N) is 1. The van der Waals surface area contributed by atoms with Gasteiger partial charge in [-0.1, -0.05) is 0 Å². The molecule has 0 aliphatic heterocycles. The Hall–Kier alpha value is -1.95. The van der Waals surface area contributed by atoms with Gasteiger partial charge in [-0.2, -0.15) is 5.26 Å². The second-order valence-electron chi connectivity index (χ2n) is 3.45. The van der Waals surface area contributed by atoms with E-state index in [1.165, 1.54) is 10.9 Å². The van der Waals surface area contributed by atoms with Crippen molar-refractivity contribution in [2.24, 2.45) is 0 Å². The third-order valence-electron chi connectivity index (χ3n) is 2.16. The van der Waals surface area contributed by atoms with Crippen LogP contribution in [0.3, 0.4) is 0 Å². The Labute approximate surface area is 117 Å². The lowest BCUT2D eigenvalue weighted by Gasteiger charge is -2.05. The van der Waals surface area contributed by atoms with Gasteiger partial charge in [-0.15, -0.1) is 10.2 Å². The summed E-state index contributed by atoms with van der Waals surface area (Å²) in [6, 6.07) is 9.29. The summed E-state index contributed by atoms with van der Waals surface area (Å²) < 4.78 is 2.48. The number of anilines is 1. The average Bonchev–Trinajstić information content (AvgIpc) is 2.79. The van der Waals surface area contributed by atoms with E-state index in [0.29, 0.717) is 5.69 Å². The van der Waals surface area contributed by atoms with Crippen molar-refractivity contribution in [1.29, 1.82) is 5.26 Å². The van der Waals surface area contributed by atoms with Gasteiger partial charge in [-0.3, -0.25) is 9.36 Å². The molecule has 2 aromatic rings. The van der Waals surface area contributed by atoms with Crippen LogP contribution < -0.4 is 5.32 Å². The van der Waals surface area contributed by atoms with Gasteiger partial charge in [0.15, 0.2) is 0 Å². The van der Waals surface area contributed by atoms with E-state index in [1.54, 1.807) is 0 Å². The lowest BCUT2D eigenvalue weighted by Crippen LogP contribution is -2.19. The van der Waals surface area contributed by atoms with Crippen LogP contribution in [0.25, 0.3) is 0 Å². The molecule has 0 atom stereocenters. The van der Waals surface area contributed by atoms with Crippen LogP contribution in [0.15, 0.2) is 30.6 Å². The monoisotopic (exact) mass is 353 g/mol. The fraction of sp³-hybridized carbons (Fsp3) is 0.0909. The lowest BCUT2D eigenvalue weighted by molar-refractivity contribution is -0.116. The molecule has 0 aliphatic rings. The minimum Gasteiger partial charge on any atom is -0.325 e. The number of nitriles is 1. The molecule has 1 heterocycles. The number of benzene rings is 1. The number of carbonyl (C=O) groups is 1. The predicted molar refractivity (Wildman–Crippen MR) is 72.5 cm³/mol. The second-order valence-corrected chi connectivity index (χ2v) is 4.69. The highest BCUT2D eigenvalue weighted by Crippen LogP contribution is 2.11. The van der Waals surface area contributed by atoms with Crippen LogP contribution in [0.4, 0.5) is 5.69 Å². The number of halogens is 1. The Morgan fingerprint density at radius 2 is 2.17 bits per heavy atom. The van der Waals surface area contributed by atoms with Gasteiger partial charge in [0.2, 0.25) is 11.7 Å². The molecular formula is C11H8IN5O. The molecule has 0 unspecified atom stereocenters. The van der Waals surface area contributed by atoms with Crippen molar-refractivity contribution in [3.63, 3.8) is 0 Å². The maximum Gasteiger partial charge on any atom is 0.244 e. The summed E-state index contributed by atoms with van der Waals surface area (Å²) in [6.07, 6.45) is 1.35. The van der Waals surface area contributed by atoms with E-state index in [2.05, 4.69) is 38.1 Å². The molecule has 90 valence electrons. The van der Waals surface area contributed by atoms with Crippen molar-refractivity contribution in [1.82, 2.24) is 14.8 Å². The molecule has 18 heavy (non-hydrogen) atoms. The Morgan fingerprint density at radius 3 is 2.83 bits per heavy atom. The van der Waals surface area contributed by atoms with Crippen LogP contribution in [0.5, 0.6) is 0 Å². The van der Waals surface area contributed by atoms with Crippen LogP contribution in [0, 0.1) is 14.9 Å². The van der Waals surface area contributed by atoms with Crippen molar-refractivity contribution < 1.29 is 4.79 Å². The minimum absolute atomic E-state index is 0.0158. The first kappa shape index (κ1) is 12.5. The van der Waals surface area contributed by atoms with Crippen molar-refractivity contribution in [3.8, 4) is 6.07 Å². The first-order valence-electron chi connectivity index (χ1n) is 5.02. The molecule has 7 heteroatoms. The Bertz CT molecular complexity index is 599. The molecule has 0 bridgehead atoms. The van der Waals surface area contributed by atoms with E-state index in [4.69, 9.17) is 5.26 Å².